The van der Waals surface area contributed by atoms with E-state index in [9.17, 15) is 19.2 Å². The molecule has 1 N–H and O–H groups in total. The Morgan fingerprint density at radius 2 is 2.10 bits per heavy atom. The summed E-state index contributed by atoms with van der Waals surface area (Å²) in [5.41, 5.74) is 0.758. The lowest BCUT2D eigenvalue weighted by atomic mass is 9.90. The Balaban J connectivity index is 1.53. The molecule has 2 aliphatic rings. The van der Waals surface area contributed by atoms with Crippen LogP contribution in [0, 0.1) is 5.92 Å². The van der Waals surface area contributed by atoms with E-state index in [1.165, 1.54) is 30.2 Å². The summed E-state index contributed by atoms with van der Waals surface area (Å²) < 4.78 is 15.9. The van der Waals surface area contributed by atoms with Gasteiger partial charge in [-0.15, -0.1) is 0 Å². The van der Waals surface area contributed by atoms with Gasteiger partial charge in [0, 0.05) is 19.1 Å². The summed E-state index contributed by atoms with van der Waals surface area (Å²) in [5, 5.41) is 6.13. The van der Waals surface area contributed by atoms with E-state index in [1.807, 2.05) is 0 Å². The quantitative estimate of drug-likeness (QED) is 0.578. The number of benzene rings is 1. The second kappa shape index (κ2) is 7.97. The van der Waals surface area contributed by atoms with Gasteiger partial charge in [-0.3, -0.25) is 19.3 Å². The Morgan fingerprint density at radius 1 is 1.27 bits per heavy atom. The van der Waals surface area contributed by atoms with Crippen LogP contribution < -0.4 is 15.0 Å². The Hall–Kier alpha value is -3.69. The van der Waals surface area contributed by atoms with E-state index >= 15 is 0 Å². The lowest BCUT2D eigenvalue weighted by molar-refractivity contribution is -0.119. The Morgan fingerprint density at radius 3 is 2.83 bits per heavy atom. The van der Waals surface area contributed by atoms with Crippen LogP contribution in [0.4, 0.5) is 10.5 Å². The number of anilines is 1. The predicted molar refractivity (Wildman–Crippen MR) is 102 cm³/mol. The van der Waals surface area contributed by atoms with Crippen molar-refractivity contribution >= 4 is 29.3 Å². The van der Waals surface area contributed by atoms with Crippen molar-refractivity contribution in [1.29, 1.82) is 0 Å². The zero-order chi connectivity index (χ0) is 21.3. The summed E-state index contributed by atoms with van der Waals surface area (Å²) in [7, 11) is 0. The predicted octanol–water partition coefficient (Wildman–Crippen LogP) is 1.60. The molecule has 2 amide bonds. The Labute approximate surface area is 171 Å². The van der Waals surface area contributed by atoms with Gasteiger partial charge < -0.3 is 19.3 Å². The van der Waals surface area contributed by atoms with Crippen LogP contribution in [0.2, 0.25) is 0 Å². The number of ether oxygens (including phenoxy) is 2. The van der Waals surface area contributed by atoms with Crippen LogP contribution in [0.5, 0.6) is 5.75 Å². The smallest absolute Gasteiger partial charge is 0.414 e. The van der Waals surface area contributed by atoms with Crippen molar-refractivity contribution in [2.45, 2.75) is 19.4 Å². The van der Waals surface area contributed by atoms with Gasteiger partial charge in [0.2, 0.25) is 17.5 Å². The van der Waals surface area contributed by atoms with Gasteiger partial charge in [0.05, 0.1) is 43.1 Å². The summed E-state index contributed by atoms with van der Waals surface area (Å²) >= 11 is 0. The number of carbonyl (C=O) groups is 4. The molecule has 0 radical (unpaired) electrons. The van der Waals surface area contributed by atoms with Crippen molar-refractivity contribution < 1.29 is 33.2 Å². The number of ketones is 2. The summed E-state index contributed by atoms with van der Waals surface area (Å²) in [4.78, 5) is 50.2. The average molecular weight is 413 g/mol. The molecular weight excluding hydrogens is 394 g/mol. The molecule has 0 saturated carbocycles. The first-order chi connectivity index (χ1) is 14.4. The fourth-order valence-electron chi connectivity index (χ4n) is 3.47. The monoisotopic (exact) mass is 413 g/mol. The van der Waals surface area contributed by atoms with Gasteiger partial charge in [-0.1, -0.05) is 5.16 Å². The van der Waals surface area contributed by atoms with Gasteiger partial charge in [0.25, 0.3) is 0 Å². The molecule has 1 aromatic heterocycles. The molecular formula is C20H19N3O7. The topological polar surface area (TPSA) is 128 Å². The average Bonchev–Trinajstić information content (AvgIpc) is 3.35. The molecule has 30 heavy (non-hydrogen) atoms. The highest BCUT2D eigenvalue weighted by atomic mass is 16.6. The molecule has 4 rings (SSSR count). The van der Waals surface area contributed by atoms with Crippen molar-refractivity contribution in [3.05, 3.63) is 41.8 Å². The van der Waals surface area contributed by atoms with E-state index in [-0.39, 0.29) is 49.1 Å². The van der Waals surface area contributed by atoms with Gasteiger partial charge in [0.15, 0.2) is 5.78 Å². The molecule has 1 fully saturated rings. The third kappa shape index (κ3) is 3.76. The maximum absolute atomic E-state index is 13.0. The van der Waals surface area contributed by atoms with Crippen LogP contribution in [0.3, 0.4) is 0 Å². The SMILES string of the molecule is CC(=O)NCC1CN(c2ccc3c(c2)OCCC(C(=O)c2ccno2)C3=O)C(=O)O1. The van der Waals surface area contributed by atoms with Crippen molar-refractivity contribution in [3.8, 4) is 5.75 Å². The molecule has 156 valence electrons. The minimum Gasteiger partial charge on any atom is -0.493 e. The second-order valence-corrected chi connectivity index (χ2v) is 7.03. The molecule has 2 unspecified atom stereocenters. The Bertz CT molecular complexity index is 1000. The largest absolute Gasteiger partial charge is 0.493 e. The highest BCUT2D eigenvalue weighted by molar-refractivity contribution is 6.16. The molecule has 2 atom stereocenters. The maximum Gasteiger partial charge on any atom is 0.414 e. The first-order valence-corrected chi connectivity index (χ1v) is 9.42. The number of amides is 2. The fourth-order valence-corrected chi connectivity index (χ4v) is 3.47. The standard InChI is InChI=1S/C20H19N3O7/c1-11(24)21-9-13-10-23(20(27)29-13)12-2-3-14-17(8-12)28-7-5-15(18(14)25)19(26)16-4-6-22-30-16/h2-4,6,8,13,15H,5,7,9-10H2,1H3,(H,21,24). The van der Waals surface area contributed by atoms with Crippen molar-refractivity contribution in [2.24, 2.45) is 5.92 Å². The summed E-state index contributed by atoms with van der Waals surface area (Å²) in [6.45, 7) is 2.00. The van der Waals surface area contributed by atoms with E-state index < -0.39 is 23.9 Å². The number of rotatable bonds is 5. The number of Topliss-reactive ketones (excluding diaryl/α,β-unsaturated/α-hetero) is 2. The van der Waals surface area contributed by atoms with Crippen LogP contribution in [0.1, 0.15) is 34.3 Å². The number of fused-ring (bicyclic) bond motifs is 1. The van der Waals surface area contributed by atoms with Crippen LogP contribution in [0.15, 0.2) is 35.0 Å². The van der Waals surface area contributed by atoms with Crippen LogP contribution >= 0.6 is 0 Å². The van der Waals surface area contributed by atoms with Gasteiger partial charge in [-0.05, 0) is 18.6 Å². The molecule has 10 heteroatoms. The number of hydrogen-bond donors (Lipinski definition) is 1. The van der Waals surface area contributed by atoms with E-state index in [0.29, 0.717) is 11.4 Å². The third-order valence-electron chi connectivity index (χ3n) is 4.97. The minimum absolute atomic E-state index is 0.0263. The van der Waals surface area contributed by atoms with Crippen molar-refractivity contribution in [2.75, 3.05) is 24.6 Å². The molecule has 1 saturated heterocycles. The van der Waals surface area contributed by atoms with Crippen molar-refractivity contribution in [3.63, 3.8) is 0 Å². The summed E-state index contributed by atoms with van der Waals surface area (Å²) in [6.07, 6.45) is 0.516. The highest BCUT2D eigenvalue weighted by Gasteiger charge is 2.36. The van der Waals surface area contributed by atoms with E-state index in [0.717, 1.165) is 0 Å². The van der Waals surface area contributed by atoms with E-state index in [1.54, 1.807) is 12.1 Å². The van der Waals surface area contributed by atoms with Crippen LogP contribution in [-0.4, -0.2) is 54.5 Å². The third-order valence-corrected chi connectivity index (χ3v) is 4.97. The molecule has 0 aliphatic carbocycles. The number of carbonyl (C=O) groups excluding carboxylic acids is 4. The van der Waals surface area contributed by atoms with Gasteiger partial charge in [0.1, 0.15) is 11.9 Å². The first-order valence-electron chi connectivity index (χ1n) is 9.42. The Kier molecular flexibility index (Phi) is 5.21. The van der Waals surface area contributed by atoms with Crippen molar-refractivity contribution in [1.82, 2.24) is 10.5 Å². The number of nitrogens with zero attached hydrogens (tertiary/aromatic N) is 2. The second-order valence-electron chi connectivity index (χ2n) is 7.03. The molecule has 1 aromatic carbocycles. The van der Waals surface area contributed by atoms with Gasteiger partial charge in [-0.25, -0.2) is 4.79 Å². The summed E-state index contributed by atoms with van der Waals surface area (Å²) in [5.74, 6) is -1.63. The number of aromatic nitrogens is 1. The van der Waals surface area contributed by atoms with Gasteiger partial charge in [-0.2, -0.15) is 0 Å². The molecule has 0 spiro atoms. The number of hydrogen-bond acceptors (Lipinski definition) is 8. The fraction of sp³-hybridized carbons (Fsp3) is 0.350. The zero-order valence-corrected chi connectivity index (χ0v) is 16.1. The number of cyclic esters (lactones) is 1. The summed E-state index contributed by atoms with van der Waals surface area (Å²) in [6, 6.07) is 6.13. The van der Waals surface area contributed by atoms with Gasteiger partial charge >= 0.3 is 6.09 Å². The van der Waals surface area contributed by atoms with E-state index in [2.05, 4.69) is 10.5 Å². The molecule has 10 nitrogen and oxygen atoms in total. The molecule has 2 aliphatic heterocycles. The minimum atomic E-state index is -0.927. The first kappa shape index (κ1) is 19.6. The highest BCUT2D eigenvalue weighted by Crippen LogP contribution is 2.33. The lowest BCUT2D eigenvalue weighted by Gasteiger charge is -2.16. The molecule has 2 aromatic rings. The van der Waals surface area contributed by atoms with Crippen LogP contribution in [0.25, 0.3) is 0 Å². The van der Waals surface area contributed by atoms with E-state index in [4.69, 9.17) is 14.0 Å². The maximum atomic E-state index is 13.0. The molecule has 3 heterocycles. The lowest BCUT2D eigenvalue weighted by Crippen LogP contribution is -2.33. The van der Waals surface area contributed by atoms with Crippen LogP contribution in [-0.2, 0) is 9.53 Å². The normalized spacial score (nSPS) is 20.8. The zero-order valence-electron chi connectivity index (χ0n) is 16.1. The molecule has 0 bridgehead atoms. The number of nitrogens with one attached hydrogen (secondary N) is 1.